The molecule has 0 heterocycles. The van der Waals surface area contributed by atoms with Gasteiger partial charge in [0.15, 0.2) is 0 Å². The van der Waals surface area contributed by atoms with Crippen molar-refractivity contribution >= 4 is 11.9 Å². The van der Waals surface area contributed by atoms with Gasteiger partial charge in [0.2, 0.25) is 5.91 Å². The molecule has 88 valence electrons. The lowest BCUT2D eigenvalue weighted by Crippen LogP contribution is -2.38. The lowest BCUT2D eigenvalue weighted by molar-refractivity contribution is -0.139. The van der Waals surface area contributed by atoms with Gasteiger partial charge in [0.25, 0.3) is 0 Å². The van der Waals surface area contributed by atoms with Gasteiger partial charge in [-0.05, 0) is 12.3 Å². The van der Waals surface area contributed by atoms with Gasteiger partial charge in [-0.2, -0.15) is 0 Å². The second-order valence-corrected chi connectivity index (χ2v) is 3.97. The first-order valence-corrected chi connectivity index (χ1v) is 5.07. The fourth-order valence-electron chi connectivity index (χ4n) is 1.27. The largest absolute Gasteiger partial charge is 0.481 e. The number of amides is 1. The van der Waals surface area contributed by atoms with Gasteiger partial charge in [-0.25, -0.2) is 0 Å². The first-order valence-electron chi connectivity index (χ1n) is 5.07. The molecule has 0 saturated heterocycles. The predicted molar refractivity (Wildman–Crippen MR) is 55.3 cm³/mol. The maximum atomic E-state index is 11.2. The zero-order valence-corrected chi connectivity index (χ0v) is 9.19. The third kappa shape index (κ3) is 7.93. The number of aliphatic hydroxyl groups is 1. The van der Waals surface area contributed by atoms with Crippen molar-refractivity contribution in [1.29, 1.82) is 0 Å². The van der Waals surface area contributed by atoms with Crippen molar-refractivity contribution in [3.8, 4) is 0 Å². The number of carboxylic acids is 1. The van der Waals surface area contributed by atoms with Crippen molar-refractivity contribution in [3.63, 3.8) is 0 Å². The highest BCUT2D eigenvalue weighted by Gasteiger charge is 2.13. The van der Waals surface area contributed by atoms with Gasteiger partial charge >= 0.3 is 5.97 Å². The predicted octanol–water partition coefficient (Wildman–Crippen LogP) is 0.374. The van der Waals surface area contributed by atoms with Crippen LogP contribution in [0.4, 0.5) is 0 Å². The molecule has 0 aromatic rings. The van der Waals surface area contributed by atoms with E-state index in [4.69, 9.17) is 10.2 Å². The molecule has 3 N–H and O–H groups in total. The maximum Gasteiger partial charge on any atom is 0.303 e. The molecule has 0 aliphatic carbocycles. The standard InChI is InChI=1S/C10H19NO4/c1-7(2)5-8(6-12)11-9(13)3-4-10(14)15/h7-8,12H,3-6H2,1-2H3,(H,11,13)(H,14,15). The number of hydrogen-bond donors (Lipinski definition) is 3. The van der Waals surface area contributed by atoms with E-state index in [1.54, 1.807) is 0 Å². The van der Waals surface area contributed by atoms with E-state index in [2.05, 4.69) is 5.32 Å². The van der Waals surface area contributed by atoms with Crippen molar-refractivity contribution < 1.29 is 19.8 Å². The first kappa shape index (κ1) is 13.9. The molecular weight excluding hydrogens is 198 g/mol. The van der Waals surface area contributed by atoms with Crippen molar-refractivity contribution in [2.75, 3.05) is 6.61 Å². The molecule has 0 aliphatic rings. The number of nitrogens with one attached hydrogen (secondary N) is 1. The van der Waals surface area contributed by atoms with Gasteiger partial charge in [-0.3, -0.25) is 9.59 Å². The fraction of sp³-hybridized carbons (Fsp3) is 0.800. The van der Waals surface area contributed by atoms with Gasteiger partial charge < -0.3 is 15.5 Å². The lowest BCUT2D eigenvalue weighted by atomic mass is 10.0. The molecule has 0 bridgehead atoms. The Hall–Kier alpha value is -1.10. The SMILES string of the molecule is CC(C)CC(CO)NC(=O)CCC(=O)O. The van der Waals surface area contributed by atoms with Gasteiger partial charge in [0, 0.05) is 6.42 Å². The molecule has 1 atom stereocenters. The molecule has 1 amide bonds. The third-order valence-electron chi connectivity index (χ3n) is 1.91. The smallest absolute Gasteiger partial charge is 0.303 e. The maximum absolute atomic E-state index is 11.2. The second kappa shape index (κ2) is 7.23. The number of carboxylic acid groups (broad SMARTS) is 1. The molecule has 0 aromatic heterocycles. The molecular formula is C10H19NO4. The second-order valence-electron chi connectivity index (χ2n) is 3.97. The van der Waals surface area contributed by atoms with Crippen molar-refractivity contribution in [2.24, 2.45) is 5.92 Å². The van der Waals surface area contributed by atoms with Crippen LogP contribution in [0.1, 0.15) is 33.1 Å². The Labute approximate surface area is 89.5 Å². The van der Waals surface area contributed by atoms with Crippen LogP contribution in [0.25, 0.3) is 0 Å². The van der Waals surface area contributed by atoms with Crippen LogP contribution in [0.3, 0.4) is 0 Å². The highest BCUT2D eigenvalue weighted by Crippen LogP contribution is 2.04. The van der Waals surface area contributed by atoms with Crippen LogP contribution in [0, 0.1) is 5.92 Å². The van der Waals surface area contributed by atoms with Crippen LogP contribution in [0.5, 0.6) is 0 Å². The Morgan fingerprint density at radius 1 is 1.27 bits per heavy atom. The average Bonchev–Trinajstić information content (AvgIpc) is 2.13. The number of rotatable bonds is 7. The van der Waals surface area contributed by atoms with Crippen LogP contribution in [-0.4, -0.2) is 34.7 Å². The summed E-state index contributed by atoms with van der Waals surface area (Å²) < 4.78 is 0. The molecule has 0 aromatic carbocycles. The normalized spacial score (nSPS) is 12.5. The van der Waals surface area contributed by atoms with Crippen LogP contribution in [0.2, 0.25) is 0 Å². The van der Waals surface area contributed by atoms with Crippen molar-refractivity contribution in [1.82, 2.24) is 5.32 Å². The summed E-state index contributed by atoms with van der Waals surface area (Å²) in [5.41, 5.74) is 0. The van der Waals surface area contributed by atoms with Crippen molar-refractivity contribution in [3.05, 3.63) is 0 Å². The van der Waals surface area contributed by atoms with Crippen LogP contribution >= 0.6 is 0 Å². The summed E-state index contributed by atoms with van der Waals surface area (Å²) in [5, 5.41) is 19.9. The average molecular weight is 217 g/mol. The Morgan fingerprint density at radius 3 is 2.27 bits per heavy atom. The Balaban J connectivity index is 3.85. The van der Waals surface area contributed by atoms with E-state index in [1.807, 2.05) is 13.8 Å². The van der Waals surface area contributed by atoms with Crippen molar-refractivity contribution in [2.45, 2.75) is 39.2 Å². The van der Waals surface area contributed by atoms with E-state index in [0.29, 0.717) is 12.3 Å². The number of hydrogen-bond acceptors (Lipinski definition) is 3. The monoisotopic (exact) mass is 217 g/mol. The molecule has 15 heavy (non-hydrogen) atoms. The van der Waals surface area contributed by atoms with Gasteiger partial charge in [0.1, 0.15) is 0 Å². The Bertz CT molecular complexity index is 215. The minimum absolute atomic E-state index is 0.0378. The minimum Gasteiger partial charge on any atom is -0.481 e. The number of aliphatic carboxylic acids is 1. The van der Waals surface area contributed by atoms with Gasteiger partial charge in [0.05, 0.1) is 19.1 Å². The van der Waals surface area contributed by atoms with Crippen LogP contribution in [0.15, 0.2) is 0 Å². The number of carbonyl (C=O) groups is 2. The molecule has 5 nitrogen and oxygen atoms in total. The fourth-order valence-corrected chi connectivity index (χ4v) is 1.27. The first-order chi connectivity index (χ1) is 6.95. The molecule has 0 radical (unpaired) electrons. The highest BCUT2D eigenvalue weighted by atomic mass is 16.4. The van der Waals surface area contributed by atoms with E-state index >= 15 is 0 Å². The molecule has 0 fully saturated rings. The number of carbonyl (C=O) groups excluding carboxylic acids is 1. The lowest BCUT2D eigenvalue weighted by Gasteiger charge is -2.17. The molecule has 5 heteroatoms. The Kier molecular flexibility index (Phi) is 6.70. The minimum atomic E-state index is -0.991. The summed E-state index contributed by atoms with van der Waals surface area (Å²) in [4.78, 5) is 21.4. The number of aliphatic hydroxyl groups excluding tert-OH is 1. The summed E-state index contributed by atoms with van der Waals surface area (Å²) in [6.07, 6.45) is 0.477. The van der Waals surface area contributed by atoms with E-state index in [9.17, 15) is 9.59 Å². The van der Waals surface area contributed by atoms with E-state index < -0.39 is 5.97 Å². The zero-order chi connectivity index (χ0) is 11.8. The van der Waals surface area contributed by atoms with E-state index in [0.717, 1.165) is 0 Å². The summed E-state index contributed by atoms with van der Waals surface area (Å²) in [6, 6.07) is -0.272. The summed E-state index contributed by atoms with van der Waals surface area (Å²) in [5.74, 6) is -0.936. The molecule has 0 aliphatic heterocycles. The molecule has 0 rings (SSSR count). The molecule has 1 unspecified atom stereocenters. The third-order valence-corrected chi connectivity index (χ3v) is 1.91. The quantitative estimate of drug-likeness (QED) is 0.575. The van der Waals surface area contributed by atoms with Gasteiger partial charge in [-0.1, -0.05) is 13.8 Å². The van der Waals surface area contributed by atoms with E-state index in [1.165, 1.54) is 0 Å². The van der Waals surface area contributed by atoms with Crippen LogP contribution < -0.4 is 5.32 Å². The molecule has 0 saturated carbocycles. The summed E-state index contributed by atoms with van der Waals surface area (Å²) in [7, 11) is 0. The van der Waals surface area contributed by atoms with Crippen LogP contribution in [-0.2, 0) is 9.59 Å². The van der Waals surface area contributed by atoms with E-state index in [-0.39, 0.29) is 31.4 Å². The van der Waals surface area contributed by atoms with Gasteiger partial charge in [-0.15, -0.1) is 0 Å². The topological polar surface area (TPSA) is 86.6 Å². The molecule has 0 spiro atoms. The summed E-state index contributed by atoms with van der Waals surface area (Å²) in [6.45, 7) is 3.87. The highest BCUT2D eigenvalue weighted by molar-refractivity contribution is 5.80. The Morgan fingerprint density at radius 2 is 1.87 bits per heavy atom. The zero-order valence-electron chi connectivity index (χ0n) is 9.19. The summed E-state index contributed by atoms with van der Waals surface area (Å²) >= 11 is 0.